The predicted octanol–water partition coefficient (Wildman–Crippen LogP) is 1.78. The van der Waals surface area contributed by atoms with Gasteiger partial charge in [0.05, 0.1) is 13.0 Å². The highest BCUT2D eigenvalue weighted by Gasteiger charge is 2.26. The minimum absolute atomic E-state index is 0.0153. The average Bonchev–Trinajstić information content (AvgIpc) is 2.99. The fourth-order valence-electron chi connectivity index (χ4n) is 4.29. The fraction of sp³-hybridized carbons (Fsp3) is 0.652. The van der Waals surface area contributed by atoms with Crippen molar-refractivity contribution in [2.24, 2.45) is 10.9 Å². The van der Waals surface area contributed by atoms with E-state index in [1.54, 1.807) is 0 Å². The second kappa shape index (κ2) is 11.3. The number of likely N-dealkylation sites (N-methyl/N-ethyl adjacent to an activating group) is 1. The first-order chi connectivity index (χ1) is 14.6. The van der Waals surface area contributed by atoms with Gasteiger partial charge in [-0.3, -0.25) is 14.7 Å². The lowest BCUT2D eigenvalue weighted by Gasteiger charge is -2.33. The van der Waals surface area contributed by atoms with E-state index in [-0.39, 0.29) is 11.9 Å². The molecule has 7 heteroatoms. The number of esters is 1. The van der Waals surface area contributed by atoms with Crippen LogP contribution in [0.15, 0.2) is 29.3 Å². The van der Waals surface area contributed by atoms with Gasteiger partial charge in [-0.2, -0.15) is 0 Å². The molecular formula is C23H37N5O2. The Morgan fingerprint density at radius 3 is 2.43 bits per heavy atom. The molecule has 0 amide bonds. The maximum atomic E-state index is 11.7. The maximum absolute atomic E-state index is 11.7. The molecule has 1 aromatic rings. The Labute approximate surface area is 181 Å². The summed E-state index contributed by atoms with van der Waals surface area (Å²) < 4.78 is 4.88. The van der Waals surface area contributed by atoms with Crippen molar-refractivity contribution in [2.45, 2.75) is 32.4 Å². The molecule has 2 heterocycles. The third kappa shape index (κ3) is 6.44. The van der Waals surface area contributed by atoms with Gasteiger partial charge in [-0.1, -0.05) is 24.3 Å². The van der Waals surface area contributed by atoms with E-state index in [2.05, 4.69) is 56.3 Å². The number of ether oxygens (including phenoxy) is 1. The summed E-state index contributed by atoms with van der Waals surface area (Å²) in [6, 6.07) is 8.92. The van der Waals surface area contributed by atoms with E-state index >= 15 is 0 Å². The second-order valence-electron chi connectivity index (χ2n) is 8.43. The topological polar surface area (TPSA) is 60.4 Å². The molecule has 0 atom stereocenters. The van der Waals surface area contributed by atoms with Gasteiger partial charge < -0.3 is 19.9 Å². The zero-order chi connectivity index (χ0) is 21.3. The summed E-state index contributed by atoms with van der Waals surface area (Å²) in [5.74, 6) is 0.822. The number of guanidine groups is 1. The summed E-state index contributed by atoms with van der Waals surface area (Å²) in [5.41, 5.74) is 2.62. The summed E-state index contributed by atoms with van der Waals surface area (Å²) in [7, 11) is 5.49. The van der Waals surface area contributed by atoms with Gasteiger partial charge in [0.2, 0.25) is 0 Å². The maximum Gasteiger partial charge on any atom is 0.308 e. The number of aliphatic imine (C=N–C) groups is 1. The lowest BCUT2D eigenvalue weighted by molar-refractivity contribution is -0.146. The van der Waals surface area contributed by atoms with Crippen molar-refractivity contribution in [1.82, 2.24) is 20.0 Å². The van der Waals surface area contributed by atoms with Crippen LogP contribution in [0.3, 0.4) is 0 Å². The molecule has 1 aromatic carbocycles. The van der Waals surface area contributed by atoms with Crippen LogP contribution in [0.5, 0.6) is 0 Å². The lowest BCUT2D eigenvalue weighted by Crippen LogP contribution is -2.46. The highest BCUT2D eigenvalue weighted by Crippen LogP contribution is 2.18. The lowest BCUT2D eigenvalue weighted by atomic mass is 9.97. The Morgan fingerprint density at radius 1 is 1.07 bits per heavy atom. The van der Waals surface area contributed by atoms with Gasteiger partial charge in [-0.15, -0.1) is 0 Å². The summed E-state index contributed by atoms with van der Waals surface area (Å²) in [6.45, 7) is 8.09. The molecule has 0 aromatic heterocycles. The minimum Gasteiger partial charge on any atom is -0.469 e. The molecule has 0 spiro atoms. The van der Waals surface area contributed by atoms with Crippen molar-refractivity contribution in [1.29, 1.82) is 0 Å². The molecule has 30 heavy (non-hydrogen) atoms. The number of piperidine rings is 1. The molecule has 7 nitrogen and oxygen atoms in total. The highest BCUT2D eigenvalue weighted by molar-refractivity contribution is 5.80. The Balaban J connectivity index is 1.45. The molecule has 0 saturated carbocycles. The van der Waals surface area contributed by atoms with Crippen LogP contribution in [0.2, 0.25) is 0 Å². The number of carbonyl (C=O) groups excluding carboxylic acids is 1. The molecule has 0 bridgehead atoms. The van der Waals surface area contributed by atoms with Gasteiger partial charge in [0.1, 0.15) is 0 Å². The first-order valence-electron chi connectivity index (χ1n) is 11.1. The molecule has 2 aliphatic heterocycles. The van der Waals surface area contributed by atoms with Crippen LogP contribution in [0.1, 0.15) is 30.4 Å². The van der Waals surface area contributed by atoms with Crippen LogP contribution in [0.4, 0.5) is 0 Å². The Kier molecular flexibility index (Phi) is 8.51. The van der Waals surface area contributed by atoms with Crippen LogP contribution >= 0.6 is 0 Å². The van der Waals surface area contributed by atoms with Crippen LogP contribution < -0.4 is 5.32 Å². The molecule has 1 N–H and O–H groups in total. The fourth-order valence-corrected chi connectivity index (χ4v) is 4.29. The van der Waals surface area contributed by atoms with E-state index in [0.29, 0.717) is 0 Å². The van der Waals surface area contributed by atoms with E-state index in [0.717, 1.165) is 58.1 Å². The van der Waals surface area contributed by atoms with Gasteiger partial charge in [0, 0.05) is 46.3 Å². The first-order valence-corrected chi connectivity index (χ1v) is 11.1. The standard InChI is InChI=1S/C23H37N5O2/c1-24-23(28-13-9-21(10-14-28)22(29)30-3)25-17-19-5-7-20(8-6-19)18-27-12-4-11-26(2)15-16-27/h5-8,21H,4,9-18H2,1-3H3,(H,24,25). The molecule has 3 rings (SSSR count). The largest absolute Gasteiger partial charge is 0.469 e. The van der Waals surface area contributed by atoms with Crippen molar-refractivity contribution < 1.29 is 9.53 Å². The molecule has 2 aliphatic rings. The molecule has 2 fully saturated rings. The Morgan fingerprint density at radius 2 is 1.77 bits per heavy atom. The summed E-state index contributed by atoms with van der Waals surface area (Å²) in [5, 5.41) is 3.47. The summed E-state index contributed by atoms with van der Waals surface area (Å²) >= 11 is 0. The van der Waals surface area contributed by atoms with Crippen molar-refractivity contribution in [2.75, 3.05) is 60.5 Å². The van der Waals surface area contributed by atoms with Gasteiger partial charge in [-0.25, -0.2) is 0 Å². The monoisotopic (exact) mass is 415 g/mol. The van der Waals surface area contributed by atoms with Gasteiger partial charge in [0.15, 0.2) is 5.96 Å². The average molecular weight is 416 g/mol. The van der Waals surface area contributed by atoms with E-state index in [1.165, 1.54) is 37.7 Å². The van der Waals surface area contributed by atoms with E-state index < -0.39 is 0 Å². The molecule has 0 radical (unpaired) electrons. The van der Waals surface area contributed by atoms with Gasteiger partial charge in [0.25, 0.3) is 0 Å². The molecular weight excluding hydrogens is 378 g/mol. The van der Waals surface area contributed by atoms with Crippen LogP contribution in [-0.2, 0) is 22.6 Å². The smallest absolute Gasteiger partial charge is 0.308 e. The number of nitrogens with one attached hydrogen (secondary N) is 1. The quantitative estimate of drug-likeness (QED) is 0.449. The number of rotatable bonds is 5. The Bertz CT molecular complexity index is 698. The number of methoxy groups -OCH3 is 1. The second-order valence-corrected chi connectivity index (χ2v) is 8.43. The van der Waals surface area contributed by atoms with Crippen LogP contribution in [0.25, 0.3) is 0 Å². The molecule has 166 valence electrons. The predicted molar refractivity (Wildman–Crippen MR) is 120 cm³/mol. The number of hydrogen-bond acceptors (Lipinski definition) is 5. The van der Waals surface area contributed by atoms with E-state index in [9.17, 15) is 4.79 Å². The minimum atomic E-state index is -0.0927. The third-order valence-electron chi connectivity index (χ3n) is 6.23. The summed E-state index contributed by atoms with van der Waals surface area (Å²) in [4.78, 5) is 23.3. The highest BCUT2D eigenvalue weighted by atomic mass is 16.5. The van der Waals surface area contributed by atoms with Crippen molar-refractivity contribution in [3.05, 3.63) is 35.4 Å². The zero-order valence-corrected chi connectivity index (χ0v) is 18.8. The summed E-state index contributed by atoms with van der Waals surface area (Å²) in [6.07, 6.45) is 2.87. The number of nitrogens with zero attached hydrogens (tertiary/aromatic N) is 4. The number of benzene rings is 1. The SMILES string of the molecule is CN=C(NCc1ccc(CN2CCCN(C)CC2)cc1)N1CCC(C(=O)OC)CC1. The zero-order valence-electron chi connectivity index (χ0n) is 18.8. The number of hydrogen-bond donors (Lipinski definition) is 1. The first kappa shape index (κ1) is 22.6. The number of likely N-dealkylation sites (tertiary alicyclic amines) is 1. The van der Waals surface area contributed by atoms with Gasteiger partial charge >= 0.3 is 5.97 Å². The molecule has 0 aliphatic carbocycles. The van der Waals surface area contributed by atoms with E-state index in [1.807, 2.05) is 7.05 Å². The van der Waals surface area contributed by atoms with Crippen molar-refractivity contribution in [3.63, 3.8) is 0 Å². The third-order valence-corrected chi connectivity index (χ3v) is 6.23. The van der Waals surface area contributed by atoms with E-state index in [4.69, 9.17) is 4.74 Å². The number of carbonyl (C=O) groups is 1. The van der Waals surface area contributed by atoms with Crippen LogP contribution in [-0.4, -0.2) is 87.1 Å². The van der Waals surface area contributed by atoms with Crippen LogP contribution in [0, 0.1) is 5.92 Å². The van der Waals surface area contributed by atoms with Gasteiger partial charge in [-0.05, 0) is 50.5 Å². The molecule has 2 saturated heterocycles. The van der Waals surface area contributed by atoms with Crippen molar-refractivity contribution in [3.8, 4) is 0 Å². The normalized spacial score (nSPS) is 20.1. The molecule has 0 unspecified atom stereocenters. The Hall–Kier alpha value is -2.12. The van der Waals surface area contributed by atoms with Crippen molar-refractivity contribution >= 4 is 11.9 Å².